The van der Waals surface area contributed by atoms with Gasteiger partial charge in [-0.1, -0.05) is 53.1 Å². The molecule has 5 rings (SSSR count). The Labute approximate surface area is 173 Å². The maximum Gasteiger partial charge on any atom is 0.638 e. The van der Waals surface area contributed by atoms with Gasteiger partial charge >= 0.3 is 11.9 Å². The van der Waals surface area contributed by atoms with Gasteiger partial charge in [-0.3, -0.25) is 4.79 Å². The molecule has 0 fully saturated rings. The zero-order valence-electron chi connectivity index (χ0n) is 16.3. The molecule has 1 amide bonds. The Bertz CT molecular complexity index is 1270. The topological polar surface area (TPSA) is 68.5 Å². The number of aromatic hydroxyl groups is 2. The summed E-state index contributed by atoms with van der Waals surface area (Å²) in [5, 5.41) is 22.5. The molecule has 0 unspecified atom stereocenters. The number of carbonyl (C=O) groups is 1. The smallest absolute Gasteiger partial charge is 0.459 e. The Morgan fingerprint density at radius 2 is 1.60 bits per heavy atom. The fourth-order valence-electron chi connectivity index (χ4n) is 4.13. The summed E-state index contributed by atoms with van der Waals surface area (Å²) in [5.74, 6) is -0.194. The third kappa shape index (κ3) is 2.85. The van der Waals surface area contributed by atoms with Crippen LogP contribution in [0.3, 0.4) is 0 Å². The number of aromatic nitrogens is 2. The number of anilines is 1. The predicted molar refractivity (Wildman–Crippen MR) is 112 cm³/mol. The van der Waals surface area contributed by atoms with Crippen molar-refractivity contribution in [3.05, 3.63) is 84.4 Å². The second-order valence-electron chi connectivity index (χ2n) is 7.32. The Hall–Kier alpha value is -3.93. The molecule has 2 heterocycles. The molecule has 0 saturated heterocycles. The van der Waals surface area contributed by atoms with Gasteiger partial charge in [-0.25, -0.2) is 0 Å². The van der Waals surface area contributed by atoms with Crippen molar-refractivity contribution in [3.63, 3.8) is 0 Å². The summed E-state index contributed by atoms with van der Waals surface area (Å²) >= 11 is 0. The van der Waals surface area contributed by atoms with Gasteiger partial charge in [0.25, 0.3) is 5.91 Å². The van der Waals surface area contributed by atoms with Crippen LogP contribution in [0.25, 0.3) is 16.6 Å². The number of para-hydroxylation sites is 3. The van der Waals surface area contributed by atoms with E-state index in [0.29, 0.717) is 23.1 Å². The molecule has 1 aliphatic rings. The second-order valence-corrected chi connectivity index (χ2v) is 7.32. The highest BCUT2D eigenvalue weighted by molar-refractivity contribution is 5.94. The van der Waals surface area contributed by atoms with Crippen LogP contribution in [0.15, 0.2) is 78.9 Å². The van der Waals surface area contributed by atoms with Gasteiger partial charge in [-0.15, -0.1) is 0 Å². The van der Waals surface area contributed by atoms with Crippen molar-refractivity contribution in [2.24, 2.45) is 0 Å². The molecule has 4 aromatic rings. The van der Waals surface area contributed by atoms with Crippen molar-refractivity contribution in [2.75, 3.05) is 11.4 Å². The van der Waals surface area contributed by atoms with Gasteiger partial charge in [0.05, 0.1) is 0 Å². The lowest BCUT2D eigenvalue weighted by Crippen LogP contribution is -2.51. The molecular weight excluding hydrogens is 378 g/mol. The van der Waals surface area contributed by atoms with E-state index < -0.39 is 0 Å². The minimum absolute atomic E-state index is 0.0478. The zero-order chi connectivity index (χ0) is 20.7. The van der Waals surface area contributed by atoms with Crippen LogP contribution in [0.5, 0.6) is 11.9 Å². The molecule has 6 heteroatoms. The maximum absolute atomic E-state index is 13.2. The quantitative estimate of drug-likeness (QED) is 0.520. The Balaban J connectivity index is 1.63. The highest BCUT2D eigenvalue weighted by Crippen LogP contribution is 2.28. The van der Waals surface area contributed by atoms with Gasteiger partial charge in [0.2, 0.25) is 17.7 Å². The summed E-state index contributed by atoms with van der Waals surface area (Å²) < 4.78 is 2.90. The molecule has 30 heavy (non-hydrogen) atoms. The van der Waals surface area contributed by atoms with Crippen molar-refractivity contribution in [2.45, 2.75) is 13.0 Å². The van der Waals surface area contributed by atoms with E-state index in [1.54, 1.807) is 33.7 Å². The van der Waals surface area contributed by atoms with E-state index in [0.717, 1.165) is 17.7 Å². The Kier molecular flexibility index (Phi) is 4.32. The third-order valence-corrected chi connectivity index (χ3v) is 5.58. The first kappa shape index (κ1) is 18.1. The summed E-state index contributed by atoms with van der Waals surface area (Å²) in [6.07, 6.45) is 0.818. The molecule has 0 spiro atoms. The monoisotopic (exact) mass is 399 g/mol. The lowest BCUT2D eigenvalue weighted by atomic mass is 10.2. The van der Waals surface area contributed by atoms with Crippen molar-refractivity contribution in [1.82, 2.24) is 0 Å². The van der Waals surface area contributed by atoms with E-state index >= 15 is 0 Å². The van der Waals surface area contributed by atoms with Gasteiger partial charge in [-0.05, 0) is 28.7 Å². The first-order valence-electron chi connectivity index (χ1n) is 9.87. The van der Waals surface area contributed by atoms with Gasteiger partial charge in [0.1, 0.15) is 0 Å². The zero-order valence-corrected chi connectivity index (χ0v) is 16.3. The normalized spacial score (nSPS) is 12.9. The van der Waals surface area contributed by atoms with E-state index in [1.807, 2.05) is 54.6 Å². The molecule has 2 N–H and O–H groups in total. The van der Waals surface area contributed by atoms with Crippen LogP contribution >= 0.6 is 0 Å². The largest absolute Gasteiger partial charge is 0.638 e. The average molecular weight is 399 g/mol. The average Bonchev–Trinajstić information content (AvgIpc) is 3.22. The van der Waals surface area contributed by atoms with Gasteiger partial charge in [0.15, 0.2) is 5.39 Å². The van der Waals surface area contributed by atoms with Gasteiger partial charge in [-0.2, -0.15) is 0 Å². The number of benzene rings is 3. The summed E-state index contributed by atoms with van der Waals surface area (Å²) in [5.41, 5.74) is 3.25. The highest BCUT2D eigenvalue weighted by Gasteiger charge is 2.38. The van der Waals surface area contributed by atoms with Crippen LogP contribution in [0.4, 0.5) is 5.69 Å². The first-order chi connectivity index (χ1) is 14.6. The molecule has 0 bridgehead atoms. The van der Waals surface area contributed by atoms with E-state index in [4.69, 9.17) is 0 Å². The fraction of sp³-hybridized carbons (Fsp3) is 0.125. The standard InChI is InChI=1S/C24H19N3O3/c28-22(25-15-14-17-8-4-6-12-20(17)25)16-26-21-13-7-5-11-19(21)23(29)27(24(26)30)18-9-2-1-3-10-18/h1-13H,14-16H2/p+2. The predicted octanol–water partition coefficient (Wildman–Crippen LogP) is 2.40. The minimum Gasteiger partial charge on any atom is -0.459 e. The fourth-order valence-corrected chi connectivity index (χ4v) is 4.13. The van der Waals surface area contributed by atoms with Crippen LogP contribution in [0.2, 0.25) is 0 Å². The number of amides is 1. The van der Waals surface area contributed by atoms with Crippen molar-refractivity contribution >= 4 is 22.5 Å². The van der Waals surface area contributed by atoms with Gasteiger partial charge in [0, 0.05) is 30.4 Å². The number of carbonyl (C=O) groups excluding carboxylic acids is 1. The molecule has 6 nitrogen and oxygen atoms in total. The SMILES string of the molecule is O=C(C[n+]1c(O)[n+](-c2ccccc2)c(O)c2ccccc21)N1CCc2ccccc21. The molecular formula is C24H21N3O3+2. The number of hydrogen-bond donors (Lipinski definition) is 2. The van der Waals surface area contributed by atoms with Crippen LogP contribution < -0.4 is 14.0 Å². The molecule has 148 valence electrons. The summed E-state index contributed by atoms with van der Waals surface area (Å²) in [6, 6.07) is 24.0. The van der Waals surface area contributed by atoms with Crippen LogP contribution in [0, 0.1) is 0 Å². The molecule has 0 aliphatic carbocycles. The Morgan fingerprint density at radius 1 is 0.900 bits per heavy atom. The van der Waals surface area contributed by atoms with E-state index in [9.17, 15) is 15.0 Å². The molecule has 3 aromatic carbocycles. The number of nitrogens with zero attached hydrogens (tertiary/aromatic N) is 3. The highest BCUT2D eigenvalue weighted by atomic mass is 16.3. The molecule has 0 radical (unpaired) electrons. The maximum atomic E-state index is 13.2. The number of rotatable bonds is 3. The minimum atomic E-state index is -0.210. The lowest BCUT2D eigenvalue weighted by molar-refractivity contribution is -0.774. The molecule has 1 aromatic heterocycles. The van der Waals surface area contributed by atoms with Crippen molar-refractivity contribution in [1.29, 1.82) is 0 Å². The summed E-state index contributed by atoms with van der Waals surface area (Å²) in [4.78, 5) is 15.0. The Morgan fingerprint density at radius 3 is 2.43 bits per heavy atom. The van der Waals surface area contributed by atoms with Crippen molar-refractivity contribution in [3.8, 4) is 17.6 Å². The van der Waals surface area contributed by atoms with Crippen LogP contribution in [-0.2, 0) is 17.8 Å². The van der Waals surface area contributed by atoms with Crippen LogP contribution in [-0.4, -0.2) is 22.7 Å². The summed E-state index contributed by atoms with van der Waals surface area (Å²) in [7, 11) is 0. The summed E-state index contributed by atoms with van der Waals surface area (Å²) in [6.45, 7) is 0.571. The van der Waals surface area contributed by atoms with Crippen LogP contribution in [0.1, 0.15) is 5.56 Å². The third-order valence-electron chi connectivity index (χ3n) is 5.58. The number of hydrogen-bond acceptors (Lipinski definition) is 3. The second kappa shape index (κ2) is 7.15. The molecule has 0 saturated carbocycles. The number of fused-ring (bicyclic) bond motifs is 2. The van der Waals surface area contributed by atoms with E-state index in [1.165, 1.54) is 4.57 Å². The van der Waals surface area contributed by atoms with Gasteiger partial charge < -0.3 is 15.1 Å². The van der Waals surface area contributed by atoms with Crippen molar-refractivity contribution < 1.29 is 24.1 Å². The molecule has 0 atom stereocenters. The van der Waals surface area contributed by atoms with E-state index in [-0.39, 0.29) is 24.3 Å². The lowest BCUT2D eigenvalue weighted by Gasteiger charge is -2.15. The molecule has 1 aliphatic heterocycles. The first-order valence-corrected chi connectivity index (χ1v) is 9.87. The van der Waals surface area contributed by atoms with E-state index in [2.05, 4.69) is 0 Å².